The SMILES string of the molecule is O=S(=O)(c1ccccc1OC(F)(F)F)N1CC[C@@H](Oc2ncccn2)C1. The fourth-order valence-electron chi connectivity index (χ4n) is 2.52. The van der Waals surface area contributed by atoms with Crippen LogP contribution in [0.1, 0.15) is 6.42 Å². The summed E-state index contributed by atoms with van der Waals surface area (Å²) in [5.74, 6) is -0.768. The quantitative estimate of drug-likeness (QED) is 0.780. The van der Waals surface area contributed by atoms with Gasteiger partial charge in [0.25, 0.3) is 0 Å². The Hall–Kier alpha value is -2.40. The van der Waals surface area contributed by atoms with Crippen LogP contribution in [0, 0.1) is 0 Å². The molecule has 1 aliphatic heterocycles. The molecule has 140 valence electrons. The van der Waals surface area contributed by atoms with Crippen LogP contribution in [0.15, 0.2) is 47.6 Å². The molecule has 0 bridgehead atoms. The van der Waals surface area contributed by atoms with Crippen molar-refractivity contribution < 1.29 is 31.1 Å². The van der Waals surface area contributed by atoms with Gasteiger partial charge in [0.2, 0.25) is 10.0 Å². The summed E-state index contributed by atoms with van der Waals surface area (Å²) < 4.78 is 73.4. The number of para-hydroxylation sites is 1. The van der Waals surface area contributed by atoms with Gasteiger partial charge in [0, 0.05) is 18.9 Å². The van der Waals surface area contributed by atoms with E-state index in [1.165, 1.54) is 24.5 Å². The molecule has 0 aliphatic carbocycles. The number of aromatic nitrogens is 2. The largest absolute Gasteiger partial charge is 0.573 e. The number of hydrogen-bond donors (Lipinski definition) is 0. The summed E-state index contributed by atoms with van der Waals surface area (Å²) in [6.07, 6.45) is -2.16. The van der Waals surface area contributed by atoms with Gasteiger partial charge in [0.1, 0.15) is 16.7 Å². The Bertz CT molecular complexity index is 862. The molecule has 0 spiro atoms. The molecule has 1 aliphatic rings. The molecule has 0 N–H and O–H groups in total. The Morgan fingerprint density at radius 2 is 1.81 bits per heavy atom. The van der Waals surface area contributed by atoms with Gasteiger partial charge < -0.3 is 9.47 Å². The summed E-state index contributed by atoms with van der Waals surface area (Å²) in [5.41, 5.74) is 0. The summed E-state index contributed by atoms with van der Waals surface area (Å²) in [6, 6.07) is 6.35. The normalized spacial score (nSPS) is 18.7. The summed E-state index contributed by atoms with van der Waals surface area (Å²) in [7, 11) is -4.18. The van der Waals surface area contributed by atoms with Gasteiger partial charge in [-0.15, -0.1) is 13.2 Å². The molecule has 7 nitrogen and oxygen atoms in total. The first kappa shape index (κ1) is 18.4. The molecule has 2 heterocycles. The van der Waals surface area contributed by atoms with Gasteiger partial charge >= 0.3 is 12.4 Å². The summed E-state index contributed by atoms with van der Waals surface area (Å²) in [4.78, 5) is 7.24. The molecule has 2 aromatic rings. The van der Waals surface area contributed by atoms with Gasteiger partial charge in [-0.3, -0.25) is 0 Å². The van der Waals surface area contributed by atoms with Gasteiger partial charge in [-0.1, -0.05) is 12.1 Å². The third kappa shape index (κ3) is 4.22. The molecular weight excluding hydrogens is 375 g/mol. The zero-order chi connectivity index (χ0) is 18.8. The molecule has 11 heteroatoms. The van der Waals surface area contributed by atoms with Gasteiger partial charge in [-0.2, -0.15) is 4.31 Å². The lowest BCUT2D eigenvalue weighted by molar-refractivity contribution is -0.275. The van der Waals surface area contributed by atoms with Crippen molar-refractivity contribution in [2.24, 2.45) is 0 Å². The Morgan fingerprint density at radius 1 is 1.12 bits per heavy atom. The number of halogens is 3. The van der Waals surface area contributed by atoms with Crippen molar-refractivity contribution in [3.8, 4) is 11.8 Å². The highest BCUT2D eigenvalue weighted by Crippen LogP contribution is 2.32. The average Bonchev–Trinajstić information content (AvgIpc) is 3.04. The van der Waals surface area contributed by atoms with E-state index in [1.54, 1.807) is 6.07 Å². The zero-order valence-corrected chi connectivity index (χ0v) is 14.1. The van der Waals surface area contributed by atoms with Crippen LogP contribution in [0.25, 0.3) is 0 Å². The van der Waals surface area contributed by atoms with Crippen LogP contribution in [0.3, 0.4) is 0 Å². The molecule has 1 fully saturated rings. The smallest absolute Gasteiger partial charge is 0.459 e. The van der Waals surface area contributed by atoms with Crippen LogP contribution in [0.2, 0.25) is 0 Å². The number of alkyl halides is 3. The molecule has 0 radical (unpaired) electrons. The topological polar surface area (TPSA) is 81.6 Å². The second-order valence-electron chi connectivity index (χ2n) is 5.42. The maximum atomic E-state index is 12.7. The molecule has 0 amide bonds. The van der Waals surface area contributed by atoms with Crippen LogP contribution < -0.4 is 9.47 Å². The summed E-state index contributed by atoms with van der Waals surface area (Å²) in [6.45, 7) is 0.0706. The highest BCUT2D eigenvalue weighted by Gasteiger charge is 2.38. The van der Waals surface area contributed by atoms with Crippen molar-refractivity contribution in [1.29, 1.82) is 0 Å². The van der Waals surface area contributed by atoms with Crippen molar-refractivity contribution in [3.05, 3.63) is 42.7 Å². The van der Waals surface area contributed by atoms with Gasteiger partial charge in [-0.05, 0) is 24.6 Å². The zero-order valence-electron chi connectivity index (χ0n) is 13.3. The Labute approximate surface area is 147 Å². The lowest BCUT2D eigenvalue weighted by atomic mass is 10.3. The summed E-state index contributed by atoms with van der Waals surface area (Å²) in [5, 5.41) is 0. The lowest BCUT2D eigenvalue weighted by Crippen LogP contribution is -2.32. The van der Waals surface area contributed by atoms with Gasteiger partial charge in [0.05, 0.1) is 6.54 Å². The highest BCUT2D eigenvalue weighted by molar-refractivity contribution is 7.89. The van der Waals surface area contributed by atoms with E-state index in [-0.39, 0.29) is 19.1 Å². The van der Waals surface area contributed by atoms with Crippen LogP contribution in [-0.4, -0.2) is 48.2 Å². The third-order valence-corrected chi connectivity index (χ3v) is 5.52. The van der Waals surface area contributed by atoms with E-state index >= 15 is 0 Å². The molecule has 0 saturated carbocycles. The van der Waals surface area contributed by atoms with Crippen molar-refractivity contribution in [2.75, 3.05) is 13.1 Å². The third-order valence-electron chi connectivity index (χ3n) is 3.61. The molecule has 1 aromatic carbocycles. The molecule has 1 saturated heterocycles. The number of sulfonamides is 1. The Balaban J connectivity index is 1.77. The van der Waals surface area contributed by atoms with E-state index in [4.69, 9.17) is 4.74 Å². The molecule has 3 rings (SSSR count). The predicted octanol–water partition coefficient (Wildman–Crippen LogP) is 2.22. The maximum Gasteiger partial charge on any atom is 0.573 e. The van der Waals surface area contributed by atoms with Crippen molar-refractivity contribution in [1.82, 2.24) is 14.3 Å². The molecular formula is C15H14F3N3O4S. The Morgan fingerprint density at radius 3 is 2.50 bits per heavy atom. The minimum atomic E-state index is -4.99. The number of ether oxygens (including phenoxy) is 2. The van der Waals surface area contributed by atoms with E-state index in [1.807, 2.05) is 0 Å². The minimum absolute atomic E-state index is 0.0268. The van der Waals surface area contributed by atoms with Crippen LogP contribution >= 0.6 is 0 Å². The van der Waals surface area contributed by atoms with Crippen molar-refractivity contribution in [3.63, 3.8) is 0 Å². The van der Waals surface area contributed by atoms with E-state index < -0.39 is 33.1 Å². The standard InChI is InChI=1S/C15H14F3N3O4S/c16-15(17,18)25-12-4-1-2-5-13(12)26(22,23)21-9-6-11(10-21)24-14-19-7-3-8-20-14/h1-5,7-8,11H,6,9-10H2/t11-/m1/s1. The van der Waals surface area contributed by atoms with Crippen molar-refractivity contribution in [2.45, 2.75) is 23.8 Å². The van der Waals surface area contributed by atoms with E-state index in [9.17, 15) is 21.6 Å². The highest BCUT2D eigenvalue weighted by atomic mass is 32.2. The number of hydrogen-bond acceptors (Lipinski definition) is 6. The molecule has 0 unspecified atom stereocenters. The average molecular weight is 389 g/mol. The first-order valence-corrected chi connectivity index (χ1v) is 8.98. The second-order valence-corrected chi connectivity index (χ2v) is 7.32. The minimum Gasteiger partial charge on any atom is -0.459 e. The first-order chi connectivity index (χ1) is 12.3. The fourth-order valence-corrected chi connectivity index (χ4v) is 4.12. The monoisotopic (exact) mass is 389 g/mol. The van der Waals surface area contributed by atoms with Crippen LogP contribution in [-0.2, 0) is 10.0 Å². The number of benzene rings is 1. The predicted molar refractivity (Wildman–Crippen MR) is 82.9 cm³/mol. The van der Waals surface area contributed by atoms with Gasteiger partial charge in [0.15, 0.2) is 0 Å². The van der Waals surface area contributed by atoms with E-state index in [2.05, 4.69) is 14.7 Å². The Kier molecular flexibility index (Phi) is 5.01. The lowest BCUT2D eigenvalue weighted by Gasteiger charge is -2.19. The number of rotatable bonds is 5. The van der Waals surface area contributed by atoms with Crippen LogP contribution in [0.5, 0.6) is 11.8 Å². The summed E-state index contributed by atoms with van der Waals surface area (Å²) >= 11 is 0. The van der Waals surface area contributed by atoms with Gasteiger partial charge in [-0.25, -0.2) is 18.4 Å². The maximum absolute atomic E-state index is 12.7. The fraction of sp³-hybridized carbons (Fsp3) is 0.333. The second kappa shape index (κ2) is 7.08. The molecule has 26 heavy (non-hydrogen) atoms. The molecule has 1 atom stereocenters. The van der Waals surface area contributed by atoms with E-state index in [0.29, 0.717) is 6.42 Å². The molecule has 1 aromatic heterocycles. The van der Waals surface area contributed by atoms with Crippen molar-refractivity contribution >= 4 is 10.0 Å². The number of nitrogens with zero attached hydrogens (tertiary/aromatic N) is 3. The first-order valence-electron chi connectivity index (χ1n) is 7.54. The van der Waals surface area contributed by atoms with E-state index in [0.717, 1.165) is 16.4 Å². The van der Waals surface area contributed by atoms with Crippen LogP contribution in [0.4, 0.5) is 13.2 Å².